The molecule has 6 atom stereocenters. The number of thiophene rings is 1. The van der Waals surface area contributed by atoms with Crippen LogP contribution in [-0.4, -0.2) is 48.8 Å². The Morgan fingerprint density at radius 2 is 1.87 bits per heavy atom. The number of aliphatic hydroxyl groups excluding tert-OH is 1. The molecule has 4 aromatic rings. The van der Waals surface area contributed by atoms with Crippen LogP contribution < -0.4 is 4.90 Å². The fraction of sp³-hybridized carbons (Fsp3) is 0.364. The number of carbonyl (C=O) groups is 4. The van der Waals surface area contributed by atoms with Crippen LogP contribution in [0.4, 0.5) is 5.82 Å². The predicted octanol–water partition coefficient (Wildman–Crippen LogP) is 4.97. The number of halogens is 1. The first kappa shape index (κ1) is 29.3. The number of aromatic nitrogens is 2. The van der Waals surface area contributed by atoms with E-state index in [9.17, 15) is 29.5 Å². The van der Waals surface area contributed by atoms with E-state index in [4.69, 9.17) is 21.1 Å². The molecule has 0 radical (unpaired) electrons. The summed E-state index contributed by atoms with van der Waals surface area (Å²) in [7, 11) is 1.69. The van der Waals surface area contributed by atoms with Gasteiger partial charge in [0.25, 0.3) is 11.8 Å². The molecule has 13 heteroatoms. The number of furan rings is 1. The lowest BCUT2D eigenvalue weighted by atomic mass is 9.52. The summed E-state index contributed by atoms with van der Waals surface area (Å²) in [6.07, 6.45) is 2.21. The van der Waals surface area contributed by atoms with Gasteiger partial charge in [-0.25, -0.2) is 4.90 Å². The molecule has 2 aliphatic heterocycles. The number of hydrogen-bond acceptors (Lipinski definition) is 9. The Morgan fingerprint density at radius 1 is 1.09 bits per heavy atom. The largest absolute Gasteiger partial charge is 0.463 e. The Balaban J connectivity index is 1.25. The van der Waals surface area contributed by atoms with Crippen molar-refractivity contribution in [2.75, 3.05) is 4.90 Å². The summed E-state index contributed by atoms with van der Waals surface area (Å²) >= 11 is 7.81. The van der Waals surface area contributed by atoms with Crippen LogP contribution in [0.25, 0.3) is 20.7 Å². The molecule has 2 aliphatic carbocycles. The van der Waals surface area contributed by atoms with E-state index in [1.165, 1.54) is 9.58 Å². The van der Waals surface area contributed by atoms with E-state index < -0.39 is 58.6 Å². The highest BCUT2D eigenvalue weighted by Gasteiger charge is 2.68. The van der Waals surface area contributed by atoms with Crippen molar-refractivity contribution < 1.29 is 33.9 Å². The quantitative estimate of drug-likeness (QED) is 0.177. The number of hydroxylamine groups is 2. The number of amides is 4. The number of aryl methyl sites for hydroxylation is 2. The van der Waals surface area contributed by atoms with E-state index in [-0.39, 0.29) is 24.5 Å². The van der Waals surface area contributed by atoms with Crippen LogP contribution in [0.3, 0.4) is 0 Å². The molecule has 4 amide bonds. The lowest BCUT2D eigenvalue weighted by Crippen LogP contribution is -2.48. The van der Waals surface area contributed by atoms with Crippen molar-refractivity contribution in [3.8, 4) is 10.6 Å². The van der Waals surface area contributed by atoms with Gasteiger partial charge in [0.05, 0.1) is 34.0 Å². The fourth-order valence-corrected chi connectivity index (χ4v) is 9.69. The number of rotatable bonds is 4. The normalized spacial score (nSPS) is 29.1. The topological polar surface area (TPSA) is 146 Å². The van der Waals surface area contributed by atoms with Gasteiger partial charge in [-0.05, 0) is 73.9 Å². The number of anilines is 1. The van der Waals surface area contributed by atoms with Gasteiger partial charge in [0.2, 0.25) is 11.8 Å². The van der Waals surface area contributed by atoms with Crippen molar-refractivity contribution in [3.63, 3.8) is 0 Å². The van der Waals surface area contributed by atoms with Gasteiger partial charge in [-0.1, -0.05) is 23.3 Å². The van der Waals surface area contributed by atoms with Crippen LogP contribution in [0.15, 0.2) is 52.5 Å². The summed E-state index contributed by atoms with van der Waals surface area (Å²) in [5.74, 6) is -5.03. The number of imide groups is 2. The molecule has 236 valence electrons. The van der Waals surface area contributed by atoms with Crippen molar-refractivity contribution in [1.82, 2.24) is 14.8 Å². The highest BCUT2D eigenvalue weighted by atomic mass is 35.5. The standard InChI is InChI=1S/C33H29ClN4O7S/c1-14-19-10-15(34)4-9-24(19)46-28(14)22-12-25(36(3)35-22)37-30(41)21-11-20-17(6-7-18-26(20)31(42)38(44)29(18)40)27(33(21,2)32(37)43)23-8-5-16(13-39)45-23/h4-6,8-10,12,18,20-21,26-27,39,44H,7,11,13H2,1-3H3/t18-,20+,21-,26-,27+,33+/m0/s1. The first-order valence-electron chi connectivity index (χ1n) is 15.0. The van der Waals surface area contributed by atoms with E-state index >= 15 is 0 Å². The molecular formula is C33H29ClN4O7S. The Labute approximate surface area is 271 Å². The molecular weight excluding hydrogens is 632 g/mol. The summed E-state index contributed by atoms with van der Waals surface area (Å²) in [6, 6.07) is 10.7. The Morgan fingerprint density at radius 3 is 2.61 bits per heavy atom. The third-order valence-corrected chi connectivity index (χ3v) is 12.1. The minimum Gasteiger partial charge on any atom is -0.463 e. The molecule has 5 heterocycles. The summed E-state index contributed by atoms with van der Waals surface area (Å²) in [6.45, 7) is 3.39. The summed E-state index contributed by atoms with van der Waals surface area (Å²) in [4.78, 5) is 57.2. The minimum atomic E-state index is -1.31. The molecule has 0 unspecified atom stereocenters. The molecule has 11 nitrogen and oxygen atoms in total. The third kappa shape index (κ3) is 3.75. The number of fused-ring (bicyclic) bond motifs is 5. The maximum Gasteiger partial charge on any atom is 0.257 e. The molecule has 3 fully saturated rings. The molecule has 8 rings (SSSR count). The number of carbonyl (C=O) groups excluding carboxylic acids is 4. The molecule has 2 N–H and O–H groups in total. The van der Waals surface area contributed by atoms with Gasteiger partial charge in [-0.3, -0.25) is 29.1 Å². The number of benzene rings is 1. The number of hydrogen-bond donors (Lipinski definition) is 2. The average molecular weight is 661 g/mol. The lowest BCUT2D eigenvalue weighted by Gasteiger charge is -2.47. The molecule has 46 heavy (non-hydrogen) atoms. The second-order valence-corrected chi connectivity index (χ2v) is 14.3. The van der Waals surface area contributed by atoms with Gasteiger partial charge in [-0.2, -0.15) is 10.2 Å². The van der Waals surface area contributed by atoms with Gasteiger partial charge >= 0.3 is 0 Å². The second kappa shape index (κ2) is 9.95. The summed E-state index contributed by atoms with van der Waals surface area (Å²) in [5, 5.41) is 26.6. The van der Waals surface area contributed by atoms with E-state index in [0.717, 1.165) is 26.1 Å². The zero-order valence-electron chi connectivity index (χ0n) is 25.1. The SMILES string of the molecule is Cc1c(-c2cc(N3C(=O)[C@@H]4C[C@@H]5C(=CC[C@@H]6C(=O)N(O)C(=O)[C@@H]65)[C@H](c5ccc(CO)o5)[C@]4(C)C3=O)n(C)n2)sc2ccc(Cl)cc12. The Hall–Kier alpha value is -4.10. The smallest absolute Gasteiger partial charge is 0.257 e. The maximum atomic E-state index is 14.7. The van der Waals surface area contributed by atoms with Gasteiger partial charge in [0, 0.05) is 22.8 Å². The van der Waals surface area contributed by atoms with E-state index in [1.807, 2.05) is 31.2 Å². The third-order valence-electron chi connectivity index (χ3n) is 10.6. The van der Waals surface area contributed by atoms with E-state index in [0.29, 0.717) is 28.1 Å². The van der Waals surface area contributed by atoms with Crippen molar-refractivity contribution in [2.24, 2.45) is 36.1 Å². The zero-order valence-corrected chi connectivity index (χ0v) is 26.6. The van der Waals surface area contributed by atoms with Crippen LogP contribution in [0.1, 0.15) is 42.8 Å². The van der Waals surface area contributed by atoms with E-state index in [2.05, 4.69) is 0 Å². The zero-order chi connectivity index (χ0) is 32.4. The average Bonchev–Trinajstić information content (AvgIpc) is 3.82. The van der Waals surface area contributed by atoms with Crippen LogP contribution >= 0.6 is 22.9 Å². The molecule has 0 spiro atoms. The molecule has 1 aromatic carbocycles. The van der Waals surface area contributed by atoms with Crippen LogP contribution in [0.2, 0.25) is 5.02 Å². The van der Waals surface area contributed by atoms with Gasteiger partial charge in [-0.15, -0.1) is 11.3 Å². The van der Waals surface area contributed by atoms with Crippen molar-refractivity contribution in [2.45, 2.75) is 39.2 Å². The molecule has 0 bridgehead atoms. The highest BCUT2D eigenvalue weighted by Crippen LogP contribution is 2.63. The lowest BCUT2D eigenvalue weighted by molar-refractivity contribution is -0.173. The Kier molecular flexibility index (Phi) is 6.34. The number of nitrogens with zero attached hydrogens (tertiary/aromatic N) is 4. The molecule has 1 saturated carbocycles. The number of aliphatic hydroxyl groups is 1. The van der Waals surface area contributed by atoms with Crippen molar-refractivity contribution in [3.05, 3.63) is 70.2 Å². The first-order chi connectivity index (χ1) is 21.9. The minimum absolute atomic E-state index is 0.141. The predicted molar refractivity (Wildman–Crippen MR) is 167 cm³/mol. The van der Waals surface area contributed by atoms with Crippen molar-refractivity contribution in [1.29, 1.82) is 0 Å². The molecule has 3 aromatic heterocycles. The molecule has 4 aliphatic rings. The number of allylic oxidation sites excluding steroid dienone is 2. The van der Waals surface area contributed by atoms with Gasteiger partial charge in [0.15, 0.2) is 0 Å². The van der Waals surface area contributed by atoms with E-state index in [1.54, 1.807) is 43.5 Å². The first-order valence-corrected chi connectivity index (χ1v) is 16.2. The van der Waals surface area contributed by atoms with Gasteiger partial charge < -0.3 is 9.52 Å². The highest BCUT2D eigenvalue weighted by molar-refractivity contribution is 7.22. The monoisotopic (exact) mass is 660 g/mol. The summed E-state index contributed by atoms with van der Waals surface area (Å²) in [5.41, 5.74) is 1.02. The van der Waals surface area contributed by atoms with Gasteiger partial charge in [0.1, 0.15) is 29.6 Å². The second-order valence-electron chi connectivity index (χ2n) is 12.8. The summed E-state index contributed by atoms with van der Waals surface area (Å²) < 4.78 is 8.59. The Bertz CT molecular complexity index is 2060. The van der Waals surface area contributed by atoms with Crippen LogP contribution in [0, 0.1) is 36.0 Å². The fourth-order valence-electron chi connectivity index (χ4n) is 8.37. The van der Waals surface area contributed by atoms with Crippen LogP contribution in [0.5, 0.6) is 0 Å². The van der Waals surface area contributed by atoms with Crippen LogP contribution in [-0.2, 0) is 32.8 Å². The molecule has 2 saturated heterocycles. The maximum absolute atomic E-state index is 14.7. The van der Waals surface area contributed by atoms with Crippen molar-refractivity contribution >= 4 is 62.5 Å².